The molecule has 0 fully saturated rings. The highest BCUT2D eigenvalue weighted by Crippen LogP contribution is 2.24. The van der Waals surface area contributed by atoms with Gasteiger partial charge in [-0.25, -0.2) is 9.07 Å². The van der Waals surface area contributed by atoms with Crippen molar-refractivity contribution in [2.45, 2.75) is 6.42 Å². The average Bonchev–Trinajstić information content (AvgIpc) is 3.11. The first-order valence-electron chi connectivity index (χ1n) is 7.99. The average molecular weight is 374 g/mol. The van der Waals surface area contributed by atoms with Gasteiger partial charge in [-0.3, -0.25) is 4.79 Å². The van der Waals surface area contributed by atoms with E-state index >= 15 is 0 Å². The topological polar surface area (TPSA) is 56.1 Å². The third-order valence-electron chi connectivity index (χ3n) is 3.82. The zero-order valence-corrected chi connectivity index (χ0v) is 14.8. The summed E-state index contributed by atoms with van der Waals surface area (Å²) in [6.45, 7) is 0.433. The first-order chi connectivity index (χ1) is 12.6. The molecule has 0 aliphatic carbocycles. The van der Waals surface area contributed by atoms with Crippen molar-refractivity contribution in [3.05, 3.63) is 76.8 Å². The predicted octanol–water partition coefficient (Wildman–Crippen LogP) is 3.65. The molecule has 26 heavy (non-hydrogen) atoms. The Morgan fingerprint density at radius 1 is 1.23 bits per heavy atom. The summed E-state index contributed by atoms with van der Waals surface area (Å²) in [5.74, 6) is 0.0181. The molecule has 0 bridgehead atoms. The maximum absolute atomic E-state index is 13.0. The van der Waals surface area contributed by atoms with Crippen molar-refractivity contribution >= 4 is 17.5 Å². The third-order valence-corrected chi connectivity index (χ3v) is 4.11. The van der Waals surface area contributed by atoms with Gasteiger partial charge in [0.05, 0.1) is 23.5 Å². The van der Waals surface area contributed by atoms with Gasteiger partial charge in [0.25, 0.3) is 5.91 Å². The number of nitrogens with zero attached hydrogens (tertiary/aromatic N) is 2. The number of carbonyl (C=O) groups excluding carboxylic acids is 1. The van der Waals surface area contributed by atoms with Crippen molar-refractivity contribution in [3.8, 4) is 11.4 Å². The Bertz CT molecular complexity index is 909. The number of carbonyl (C=O) groups is 1. The van der Waals surface area contributed by atoms with Crippen LogP contribution in [0.4, 0.5) is 4.39 Å². The molecule has 1 aromatic heterocycles. The van der Waals surface area contributed by atoms with Gasteiger partial charge in [-0.15, -0.1) is 0 Å². The molecule has 1 heterocycles. The molecule has 0 aliphatic rings. The van der Waals surface area contributed by atoms with Crippen molar-refractivity contribution in [2.75, 3.05) is 13.7 Å². The largest absolute Gasteiger partial charge is 0.495 e. The van der Waals surface area contributed by atoms with E-state index in [0.717, 1.165) is 11.4 Å². The molecule has 3 rings (SSSR count). The highest BCUT2D eigenvalue weighted by Gasteiger charge is 2.09. The van der Waals surface area contributed by atoms with Gasteiger partial charge in [-0.2, -0.15) is 5.10 Å². The molecule has 0 unspecified atom stereocenters. The van der Waals surface area contributed by atoms with Crippen LogP contribution >= 0.6 is 11.6 Å². The van der Waals surface area contributed by atoms with Crippen LogP contribution in [-0.2, 0) is 6.42 Å². The fourth-order valence-corrected chi connectivity index (χ4v) is 2.70. The number of benzene rings is 2. The summed E-state index contributed by atoms with van der Waals surface area (Å²) < 4.78 is 19.7. The molecule has 0 saturated heterocycles. The number of ether oxygens (including phenoxy) is 1. The molecular formula is C19H17ClFN3O2. The van der Waals surface area contributed by atoms with E-state index in [1.807, 2.05) is 6.07 Å². The predicted molar refractivity (Wildman–Crippen MR) is 97.6 cm³/mol. The second-order valence-electron chi connectivity index (χ2n) is 5.58. The molecule has 5 nitrogen and oxygen atoms in total. The number of amides is 1. The molecule has 0 saturated carbocycles. The Hall–Kier alpha value is -2.86. The normalized spacial score (nSPS) is 10.6. The maximum Gasteiger partial charge on any atom is 0.251 e. The first kappa shape index (κ1) is 17.9. The highest BCUT2D eigenvalue weighted by atomic mass is 35.5. The van der Waals surface area contributed by atoms with Crippen LogP contribution in [0.2, 0.25) is 5.02 Å². The molecule has 0 radical (unpaired) electrons. The second kappa shape index (κ2) is 8.01. The van der Waals surface area contributed by atoms with E-state index in [1.165, 1.54) is 19.2 Å². The summed E-state index contributed by atoms with van der Waals surface area (Å²) in [6.07, 6.45) is 2.37. The Morgan fingerprint density at radius 3 is 2.69 bits per heavy atom. The fourth-order valence-electron chi connectivity index (χ4n) is 2.45. The van der Waals surface area contributed by atoms with Crippen LogP contribution in [0.1, 0.15) is 16.1 Å². The summed E-state index contributed by atoms with van der Waals surface area (Å²) in [5, 5.41) is 7.64. The number of methoxy groups -OCH3 is 1. The highest BCUT2D eigenvalue weighted by molar-refractivity contribution is 6.32. The monoisotopic (exact) mass is 373 g/mol. The quantitative estimate of drug-likeness (QED) is 0.717. The molecule has 3 aromatic rings. The van der Waals surface area contributed by atoms with Crippen molar-refractivity contribution in [1.29, 1.82) is 0 Å². The molecular weight excluding hydrogens is 357 g/mol. The number of hydrogen-bond donors (Lipinski definition) is 1. The van der Waals surface area contributed by atoms with Crippen LogP contribution in [-0.4, -0.2) is 29.3 Å². The minimum Gasteiger partial charge on any atom is -0.495 e. The fraction of sp³-hybridized carbons (Fsp3) is 0.158. The molecule has 1 amide bonds. The number of rotatable bonds is 6. The van der Waals surface area contributed by atoms with Crippen LogP contribution in [0.3, 0.4) is 0 Å². The van der Waals surface area contributed by atoms with Gasteiger partial charge in [0.15, 0.2) is 0 Å². The zero-order chi connectivity index (χ0) is 18.5. The molecule has 0 spiro atoms. The van der Waals surface area contributed by atoms with E-state index in [2.05, 4.69) is 10.4 Å². The van der Waals surface area contributed by atoms with Crippen molar-refractivity contribution in [3.63, 3.8) is 0 Å². The van der Waals surface area contributed by atoms with Gasteiger partial charge in [0.1, 0.15) is 11.6 Å². The van der Waals surface area contributed by atoms with Gasteiger partial charge in [0, 0.05) is 24.7 Å². The lowest BCUT2D eigenvalue weighted by atomic mass is 10.2. The van der Waals surface area contributed by atoms with Gasteiger partial charge >= 0.3 is 0 Å². The summed E-state index contributed by atoms with van der Waals surface area (Å²) in [7, 11) is 1.52. The zero-order valence-electron chi connectivity index (χ0n) is 14.1. The lowest BCUT2D eigenvalue weighted by molar-refractivity contribution is 0.0954. The summed E-state index contributed by atoms with van der Waals surface area (Å²) in [5.41, 5.74) is 2.06. The second-order valence-corrected chi connectivity index (χ2v) is 5.99. The number of aromatic nitrogens is 2. The maximum atomic E-state index is 13.0. The molecule has 134 valence electrons. The van der Waals surface area contributed by atoms with Gasteiger partial charge < -0.3 is 10.1 Å². The van der Waals surface area contributed by atoms with E-state index in [0.29, 0.717) is 29.3 Å². The summed E-state index contributed by atoms with van der Waals surface area (Å²) >= 11 is 6.03. The van der Waals surface area contributed by atoms with Crippen LogP contribution in [0.5, 0.6) is 5.75 Å². The van der Waals surface area contributed by atoms with Crippen molar-refractivity contribution in [1.82, 2.24) is 15.1 Å². The minimum atomic E-state index is -0.289. The summed E-state index contributed by atoms with van der Waals surface area (Å²) in [4.78, 5) is 12.2. The van der Waals surface area contributed by atoms with E-state index in [-0.39, 0.29) is 11.7 Å². The van der Waals surface area contributed by atoms with E-state index in [9.17, 15) is 9.18 Å². The Labute approximate surface area is 155 Å². The standard InChI is InChI=1S/C19H17ClFN3O2/c1-26-18-7-2-13(12-17(18)20)19(25)22-10-8-15-9-11-24(23-15)16-5-3-14(21)4-6-16/h2-7,9,11-12H,8,10H2,1H3,(H,22,25). The molecule has 7 heteroatoms. The number of nitrogens with one attached hydrogen (secondary N) is 1. The Kier molecular flexibility index (Phi) is 5.53. The van der Waals surface area contributed by atoms with Gasteiger partial charge in [-0.1, -0.05) is 11.6 Å². The van der Waals surface area contributed by atoms with Crippen molar-refractivity contribution in [2.24, 2.45) is 0 Å². The van der Waals surface area contributed by atoms with E-state index in [4.69, 9.17) is 16.3 Å². The van der Waals surface area contributed by atoms with Gasteiger partial charge in [0.2, 0.25) is 0 Å². The lowest BCUT2D eigenvalue weighted by Crippen LogP contribution is -2.25. The summed E-state index contributed by atoms with van der Waals surface area (Å²) in [6, 6.07) is 12.8. The van der Waals surface area contributed by atoms with Crippen LogP contribution in [0.25, 0.3) is 5.69 Å². The number of halogens is 2. The van der Waals surface area contributed by atoms with E-state index < -0.39 is 0 Å². The SMILES string of the molecule is COc1ccc(C(=O)NCCc2ccn(-c3ccc(F)cc3)n2)cc1Cl. The lowest BCUT2D eigenvalue weighted by Gasteiger charge is -2.07. The molecule has 0 atom stereocenters. The van der Waals surface area contributed by atoms with Crippen molar-refractivity contribution < 1.29 is 13.9 Å². The van der Waals surface area contributed by atoms with Crippen LogP contribution < -0.4 is 10.1 Å². The third kappa shape index (κ3) is 4.21. The number of hydrogen-bond acceptors (Lipinski definition) is 3. The van der Waals surface area contributed by atoms with Crippen LogP contribution in [0, 0.1) is 5.82 Å². The Balaban J connectivity index is 1.56. The van der Waals surface area contributed by atoms with Gasteiger partial charge in [-0.05, 0) is 48.5 Å². The first-order valence-corrected chi connectivity index (χ1v) is 8.37. The smallest absolute Gasteiger partial charge is 0.251 e. The molecule has 2 aromatic carbocycles. The minimum absolute atomic E-state index is 0.215. The van der Waals surface area contributed by atoms with E-state index in [1.54, 1.807) is 41.2 Å². The molecule has 1 N–H and O–H groups in total. The van der Waals surface area contributed by atoms with Crippen LogP contribution in [0.15, 0.2) is 54.7 Å². The molecule has 0 aliphatic heterocycles. The Morgan fingerprint density at radius 2 is 2.00 bits per heavy atom.